The number of aromatic nitrogens is 3. The SMILES string of the molecule is C=C(C)C(=O)OCCNC(=O)CCSc1nc(S)nc(SCCC(=O)NCCOC(=O)C(=C)C)n1. The van der Waals surface area contributed by atoms with Gasteiger partial charge in [0, 0.05) is 35.5 Å². The summed E-state index contributed by atoms with van der Waals surface area (Å²) in [6, 6.07) is 0. The number of carbonyl (C=O) groups excluding carboxylic acids is 4. The lowest BCUT2D eigenvalue weighted by atomic mass is 10.4. The Hall–Kier alpha value is -2.58. The summed E-state index contributed by atoms with van der Waals surface area (Å²) >= 11 is 6.73. The number of carbonyl (C=O) groups is 4. The number of rotatable bonds is 16. The van der Waals surface area contributed by atoms with Gasteiger partial charge in [0.1, 0.15) is 13.2 Å². The minimum atomic E-state index is -0.497. The van der Waals surface area contributed by atoms with Crippen LogP contribution in [0.25, 0.3) is 0 Å². The lowest BCUT2D eigenvalue weighted by Gasteiger charge is -2.07. The van der Waals surface area contributed by atoms with Gasteiger partial charge in [0.2, 0.25) is 11.8 Å². The third-order valence-electron chi connectivity index (χ3n) is 3.71. The molecule has 0 aliphatic carbocycles. The standard InChI is InChI=1S/C21H29N5O6S3/c1-13(2)17(29)31-9-7-22-15(27)5-11-34-20-24-19(33)25-21(26-20)35-12-6-16(28)23-8-10-32-18(30)14(3)4/h1,3,5-12H2,2,4H3,(H,22,27)(H,23,28)(H,24,25,26,33). The molecule has 0 bridgehead atoms. The van der Waals surface area contributed by atoms with Gasteiger partial charge in [-0.3, -0.25) is 9.59 Å². The fourth-order valence-electron chi connectivity index (χ4n) is 2.02. The predicted octanol–water partition coefficient (Wildman–Crippen LogP) is 1.60. The van der Waals surface area contributed by atoms with E-state index in [2.05, 4.69) is 51.4 Å². The first-order valence-electron chi connectivity index (χ1n) is 10.5. The molecule has 1 heterocycles. The summed E-state index contributed by atoms with van der Waals surface area (Å²) in [5.41, 5.74) is 0.599. The molecule has 35 heavy (non-hydrogen) atoms. The van der Waals surface area contributed by atoms with Crippen molar-refractivity contribution in [2.75, 3.05) is 37.8 Å². The number of ether oxygens (including phenoxy) is 2. The topological polar surface area (TPSA) is 149 Å². The number of hydrogen-bond donors (Lipinski definition) is 3. The summed E-state index contributed by atoms with van der Waals surface area (Å²) in [5.74, 6) is -0.530. The van der Waals surface area contributed by atoms with Crippen LogP contribution >= 0.6 is 36.2 Å². The smallest absolute Gasteiger partial charge is 0.333 e. The van der Waals surface area contributed by atoms with Crippen molar-refractivity contribution in [3.05, 3.63) is 24.3 Å². The zero-order valence-electron chi connectivity index (χ0n) is 19.6. The highest BCUT2D eigenvalue weighted by atomic mass is 32.2. The van der Waals surface area contributed by atoms with Crippen molar-refractivity contribution < 1.29 is 28.7 Å². The molecular weight excluding hydrogens is 514 g/mol. The Morgan fingerprint density at radius 2 is 1.20 bits per heavy atom. The molecule has 0 fully saturated rings. The Kier molecular flexibility index (Phi) is 14.7. The van der Waals surface area contributed by atoms with Crippen molar-refractivity contribution in [1.29, 1.82) is 0 Å². The van der Waals surface area contributed by atoms with E-state index < -0.39 is 11.9 Å². The fraction of sp³-hybridized carbons (Fsp3) is 0.476. The molecule has 0 saturated carbocycles. The van der Waals surface area contributed by atoms with Crippen molar-refractivity contribution >= 4 is 59.9 Å². The molecule has 1 rings (SSSR count). The number of esters is 2. The lowest BCUT2D eigenvalue weighted by molar-refractivity contribution is -0.139. The molecule has 2 N–H and O–H groups in total. The summed E-state index contributed by atoms with van der Waals surface area (Å²) in [4.78, 5) is 58.9. The molecule has 1 aromatic heterocycles. The molecule has 0 aliphatic rings. The Labute approximate surface area is 218 Å². The molecule has 0 atom stereocenters. The van der Waals surface area contributed by atoms with E-state index >= 15 is 0 Å². The highest BCUT2D eigenvalue weighted by Crippen LogP contribution is 2.20. The van der Waals surface area contributed by atoms with E-state index in [1.54, 1.807) is 13.8 Å². The highest BCUT2D eigenvalue weighted by molar-refractivity contribution is 7.99. The maximum absolute atomic E-state index is 11.9. The van der Waals surface area contributed by atoms with Crippen LogP contribution in [0.2, 0.25) is 0 Å². The summed E-state index contributed by atoms with van der Waals surface area (Å²) in [5, 5.41) is 6.38. The Morgan fingerprint density at radius 3 is 1.57 bits per heavy atom. The molecule has 1 aromatic rings. The number of thiol groups is 1. The third kappa shape index (κ3) is 14.4. The number of amides is 2. The summed E-state index contributed by atoms with van der Waals surface area (Å²) in [7, 11) is 0. The van der Waals surface area contributed by atoms with E-state index in [1.807, 2.05) is 0 Å². The lowest BCUT2D eigenvalue weighted by Crippen LogP contribution is -2.28. The molecule has 0 aliphatic heterocycles. The molecule has 2 amide bonds. The van der Waals surface area contributed by atoms with Gasteiger partial charge in [0.05, 0.1) is 13.1 Å². The van der Waals surface area contributed by atoms with Gasteiger partial charge in [-0.25, -0.2) is 9.59 Å². The monoisotopic (exact) mass is 543 g/mol. The number of nitrogens with one attached hydrogen (secondary N) is 2. The van der Waals surface area contributed by atoms with Crippen LogP contribution in [-0.2, 0) is 28.7 Å². The highest BCUT2D eigenvalue weighted by Gasteiger charge is 2.10. The van der Waals surface area contributed by atoms with Crippen LogP contribution in [0, 0.1) is 0 Å². The second-order valence-electron chi connectivity index (χ2n) is 6.93. The van der Waals surface area contributed by atoms with Crippen LogP contribution < -0.4 is 10.6 Å². The van der Waals surface area contributed by atoms with Crippen LogP contribution in [0.4, 0.5) is 0 Å². The normalized spacial score (nSPS) is 10.3. The number of hydrogen-bond acceptors (Lipinski definition) is 12. The van der Waals surface area contributed by atoms with Crippen LogP contribution in [0.5, 0.6) is 0 Å². The Morgan fingerprint density at radius 1 is 0.800 bits per heavy atom. The average Bonchev–Trinajstić information content (AvgIpc) is 2.78. The predicted molar refractivity (Wildman–Crippen MR) is 135 cm³/mol. The fourth-order valence-corrected chi connectivity index (χ4v) is 3.95. The number of nitrogens with zero attached hydrogens (tertiary/aromatic N) is 3. The van der Waals surface area contributed by atoms with Gasteiger partial charge in [-0.05, 0) is 13.8 Å². The molecule has 0 spiro atoms. The maximum Gasteiger partial charge on any atom is 0.333 e. The van der Waals surface area contributed by atoms with Crippen LogP contribution in [0.3, 0.4) is 0 Å². The van der Waals surface area contributed by atoms with E-state index in [9.17, 15) is 19.2 Å². The van der Waals surface area contributed by atoms with Crippen LogP contribution in [-0.4, -0.2) is 76.5 Å². The van der Waals surface area contributed by atoms with Gasteiger partial charge in [-0.1, -0.05) is 36.7 Å². The molecule has 11 nitrogen and oxygen atoms in total. The van der Waals surface area contributed by atoms with Gasteiger partial charge in [-0.2, -0.15) is 15.0 Å². The van der Waals surface area contributed by atoms with E-state index in [-0.39, 0.29) is 56.1 Å². The van der Waals surface area contributed by atoms with E-state index in [0.717, 1.165) is 0 Å². The van der Waals surface area contributed by atoms with Crippen molar-refractivity contribution in [3.63, 3.8) is 0 Å². The van der Waals surface area contributed by atoms with Gasteiger partial charge >= 0.3 is 11.9 Å². The van der Waals surface area contributed by atoms with Crippen molar-refractivity contribution in [1.82, 2.24) is 25.6 Å². The van der Waals surface area contributed by atoms with Gasteiger partial charge < -0.3 is 20.1 Å². The number of thioether (sulfide) groups is 2. The summed E-state index contributed by atoms with van der Waals surface area (Å²) in [6.45, 7) is 10.6. The first kappa shape index (κ1) is 30.5. The zero-order valence-corrected chi connectivity index (χ0v) is 22.2. The quantitative estimate of drug-likeness (QED) is 0.0917. The molecule has 0 saturated heterocycles. The van der Waals surface area contributed by atoms with Crippen molar-refractivity contribution in [3.8, 4) is 0 Å². The average molecular weight is 544 g/mol. The molecule has 0 radical (unpaired) electrons. The van der Waals surface area contributed by atoms with Crippen molar-refractivity contribution in [2.24, 2.45) is 0 Å². The van der Waals surface area contributed by atoms with Gasteiger partial charge in [0.15, 0.2) is 15.5 Å². The summed E-state index contributed by atoms with van der Waals surface area (Å²) < 4.78 is 9.80. The summed E-state index contributed by atoms with van der Waals surface area (Å²) in [6.07, 6.45) is 0.439. The Balaban J connectivity index is 2.28. The second kappa shape index (κ2) is 16.9. The molecule has 14 heteroatoms. The van der Waals surface area contributed by atoms with E-state index in [0.29, 0.717) is 33.0 Å². The van der Waals surface area contributed by atoms with Gasteiger partial charge in [-0.15, -0.1) is 12.6 Å². The van der Waals surface area contributed by atoms with E-state index in [1.165, 1.54) is 23.5 Å². The Bertz CT molecular complexity index is 874. The van der Waals surface area contributed by atoms with Gasteiger partial charge in [0.25, 0.3) is 0 Å². The third-order valence-corrected chi connectivity index (χ3v) is 5.61. The minimum Gasteiger partial charge on any atom is -0.460 e. The first-order chi connectivity index (χ1) is 16.6. The van der Waals surface area contributed by atoms with Crippen molar-refractivity contribution in [2.45, 2.75) is 42.2 Å². The van der Waals surface area contributed by atoms with Crippen LogP contribution in [0.15, 0.2) is 39.8 Å². The largest absolute Gasteiger partial charge is 0.460 e. The molecule has 0 aromatic carbocycles. The second-order valence-corrected chi connectivity index (χ2v) is 9.45. The molecular formula is C21H29N5O6S3. The molecule has 192 valence electrons. The first-order valence-corrected chi connectivity index (χ1v) is 12.9. The van der Waals surface area contributed by atoms with Crippen LogP contribution in [0.1, 0.15) is 26.7 Å². The van der Waals surface area contributed by atoms with E-state index in [4.69, 9.17) is 9.47 Å². The molecule has 0 unspecified atom stereocenters. The maximum atomic E-state index is 11.9. The zero-order chi connectivity index (χ0) is 26.2. The minimum absolute atomic E-state index is 0.0715.